The van der Waals surface area contributed by atoms with E-state index in [2.05, 4.69) is 22.2 Å². The van der Waals surface area contributed by atoms with Gasteiger partial charge in [-0.1, -0.05) is 18.2 Å². The van der Waals surface area contributed by atoms with Crippen LogP contribution in [0.25, 0.3) is 11.0 Å². The number of hydrogen-bond donors (Lipinski definition) is 2. The molecule has 2 heterocycles. The van der Waals surface area contributed by atoms with Crippen LogP contribution in [0.4, 0.5) is 0 Å². The Morgan fingerprint density at radius 2 is 2.12 bits per heavy atom. The van der Waals surface area contributed by atoms with Gasteiger partial charge >= 0.3 is 0 Å². The highest BCUT2D eigenvalue weighted by Crippen LogP contribution is 2.21. The van der Waals surface area contributed by atoms with E-state index in [9.17, 15) is 9.59 Å². The molecule has 26 heavy (non-hydrogen) atoms. The number of carbonyl (C=O) groups excluding carboxylic acids is 2. The zero-order chi connectivity index (χ0) is 18.5. The van der Waals surface area contributed by atoms with Crippen LogP contribution < -0.4 is 10.6 Å². The summed E-state index contributed by atoms with van der Waals surface area (Å²) in [5, 5.41) is 5.61. The second-order valence-corrected chi connectivity index (χ2v) is 5.81. The Labute approximate surface area is 150 Å². The first-order valence-electron chi connectivity index (χ1n) is 8.27. The minimum atomic E-state index is -0.410. The van der Waals surface area contributed by atoms with Crippen LogP contribution in [0.3, 0.4) is 0 Å². The lowest BCUT2D eigenvalue weighted by atomic mass is 10.3. The third kappa shape index (κ3) is 3.66. The summed E-state index contributed by atoms with van der Waals surface area (Å²) >= 11 is 0. The average Bonchev–Trinajstić information content (AvgIpc) is 3.28. The zero-order valence-corrected chi connectivity index (χ0v) is 14.4. The maximum atomic E-state index is 12.2. The normalized spacial score (nSPS) is 11.9. The molecule has 1 unspecified atom stereocenters. The number of furan rings is 1. The highest BCUT2D eigenvalue weighted by molar-refractivity contribution is 5.91. The molecule has 2 aromatic heterocycles. The van der Waals surface area contributed by atoms with Gasteiger partial charge in [-0.05, 0) is 31.2 Å². The Bertz CT molecular complexity index is 928. The molecule has 7 nitrogen and oxygen atoms in total. The van der Waals surface area contributed by atoms with Crippen molar-refractivity contribution in [2.45, 2.75) is 19.5 Å². The number of rotatable bonds is 7. The van der Waals surface area contributed by atoms with E-state index in [0.29, 0.717) is 12.4 Å². The van der Waals surface area contributed by atoms with Crippen molar-refractivity contribution in [3.8, 4) is 0 Å². The van der Waals surface area contributed by atoms with Crippen LogP contribution in [0, 0.1) is 0 Å². The van der Waals surface area contributed by atoms with Gasteiger partial charge < -0.3 is 19.6 Å². The lowest BCUT2D eigenvalue weighted by molar-refractivity contribution is -0.121. The number of nitrogens with zero attached hydrogens (tertiary/aromatic N) is 2. The Kier molecular flexibility index (Phi) is 5.17. The van der Waals surface area contributed by atoms with Crippen LogP contribution in [-0.4, -0.2) is 27.9 Å². The third-order valence-electron chi connectivity index (χ3n) is 3.91. The van der Waals surface area contributed by atoms with Crippen LogP contribution in [-0.2, 0) is 11.3 Å². The largest absolute Gasteiger partial charge is 0.459 e. The second-order valence-electron chi connectivity index (χ2n) is 5.81. The van der Waals surface area contributed by atoms with Gasteiger partial charge in [0.05, 0.1) is 23.3 Å². The first-order valence-corrected chi connectivity index (χ1v) is 8.27. The van der Waals surface area contributed by atoms with E-state index in [0.717, 1.165) is 11.0 Å². The van der Waals surface area contributed by atoms with Gasteiger partial charge in [0.2, 0.25) is 5.91 Å². The molecule has 0 aliphatic rings. The SMILES string of the molecule is C=CCNC(=O)Cn1c(C(C)NC(=O)c2ccco2)nc2ccccc21. The van der Waals surface area contributed by atoms with Crippen molar-refractivity contribution >= 4 is 22.8 Å². The van der Waals surface area contributed by atoms with Crippen LogP contribution in [0.1, 0.15) is 29.3 Å². The summed E-state index contributed by atoms with van der Waals surface area (Å²) in [6.07, 6.45) is 3.07. The molecule has 0 fully saturated rings. The maximum absolute atomic E-state index is 12.2. The van der Waals surface area contributed by atoms with Crippen molar-refractivity contribution in [3.05, 3.63) is 66.9 Å². The fourth-order valence-electron chi connectivity index (χ4n) is 2.72. The van der Waals surface area contributed by atoms with E-state index >= 15 is 0 Å². The summed E-state index contributed by atoms with van der Waals surface area (Å²) in [5.74, 6) is 0.333. The van der Waals surface area contributed by atoms with Crippen LogP contribution in [0.15, 0.2) is 59.7 Å². The van der Waals surface area contributed by atoms with E-state index in [-0.39, 0.29) is 24.1 Å². The van der Waals surface area contributed by atoms with Gasteiger partial charge in [-0.15, -0.1) is 6.58 Å². The Morgan fingerprint density at radius 1 is 1.31 bits per heavy atom. The van der Waals surface area contributed by atoms with Crippen molar-refractivity contribution in [1.82, 2.24) is 20.2 Å². The van der Waals surface area contributed by atoms with Crippen molar-refractivity contribution in [1.29, 1.82) is 0 Å². The first-order chi connectivity index (χ1) is 12.6. The fourth-order valence-corrected chi connectivity index (χ4v) is 2.72. The highest BCUT2D eigenvalue weighted by Gasteiger charge is 2.21. The molecule has 0 saturated carbocycles. The Morgan fingerprint density at radius 3 is 2.85 bits per heavy atom. The van der Waals surface area contributed by atoms with Gasteiger partial charge in [0.15, 0.2) is 5.76 Å². The molecule has 3 rings (SSSR count). The summed E-state index contributed by atoms with van der Waals surface area (Å²) in [4.78, 5) is 29.0. The molecule has 3 aromatic rings. The van der Waals surface area contributed by atoms with Crippen molar-refractivity contribution in [2.24, 2.45) is 0 Å². The molecular formula is C19H20N4O3. The molecule has 7 heteroatoms. The molecule has 2 N–H and O–H groups in total. The average molecular weight is 352 g/mol. The number of imidazole rings is 1. The van der Waals surface area contributed by atoms with Crippen LogP contribution >= 0.6 is 0 Å². The van der Waals surface area contributed by atoms with Gasteiger partial charge in [0.25, 0.3) is 5.91 Å². The van der Waals surface area contributed by atoms with E-state index in [1.807, 2.05) is 31.2 Å². The van der Waals surface area contributed by atoms with E-state index < -0.39 is 6.04 Å². The molecule has 1 aromatic carbocycles. The molecule has 0 saturated heterocycles. The number of carbonyl (C=O) groups is 2. The second kappa shape index (κ2) is 7.69. The molecule has 1 atom stereocenters. The molecular weight excluding hydrogens is 332 g/mol. The topological polar surface area (TPSA) is 89.2 Å². The number of benzene rings is 1. The summed E-state index contributed by atoms with van der Waals surface area (Å²) in [5.41, 5.74) is 1.59. The standard InChI is InChI=1S/C19H20N4O3/c1-3-10-20-17(24)12-23-15-8-5-4-7-14(15)22-18(23)13(2)21-19(25)16-9-6-11-26-16/h3-9,11,13H,1,10,12H2,2H3,(H,20,24)(H,21,25). The lowest BCUT2D eigenvalue weighted by Crippen LogP contribution is -2.31. The lowest BCUT2D eigenvalue weighted by Gasteiger charge is -2.15. The summed E-state index contributed by atoms with van der Waals surface area (Å²) in [7, 11) is 0. The predicted molar refractivity (Wildman–Crippen MR) is 97.5 cm³/mol. The Balaban J connectivity index is 1.88. The van der Waals surface area contributed by atoms with E-state index in [1.54, 1.807) is 22.8 Å². The fraction of sp³-hybridized carbons (Fsp3) is 0.211. The third-order valence-corrected chi connectivity index (χ3v) is 3.91. The van der Waals surface area contributed by atoms with Crippen molar-refractivity contribution < 1.29 is 14.0 Å². The van der Waals surface area contributed by atoms with Gasteiger partial charge in [0, 0.05) is 6.54 Å². The molecule has 0 aliphatic heterocycles. The van der Waals surface area contributed by atoms with Gasteiger partial charge in [-0.3, -0.25) is 9.59 Å². The molecule has 0 spiro atoms. The number of fused-ring (bicyclic) bond motifs is 1. The van der Waals surface area contributed by atoms with Crippen LogP contribution in [0.2, 0.25) is 0 Å². The summed E-state index contributed by atoms with van der Waals surface area (Å²) in [6.45, 7) is 5.91. The quantitative estimate of drug-likeness (QED) is 0.639. The monoisotopic (exact) mass is 352 g/mol. The molecule has 134 valence electrons. The number of nitrogens with one attached hydrogen (secondary N) is 2. The van der Waals surface area contributed by atoms with Gasteiger partial charge in [0.1, 0.15) is 12.4 Å². The number of hydrogen-bond acceptors (Lipinski definition) is 4. The summed E-state index contributed by atoms with van der Waals surface area (Å²) < 4.78 is 6.92. The molecule has 2 amide bonds. The number of amides is 2. The zero-order valence-electron chi connectivity index (χ0n) is 14.4. The van der Waals surface area contributed by atoms with Crippen molar-refractivity contribution in [3.63, 3.8) is 0 Å². The minimum Gasteiger partial charge on any atom is -0.459 e. The first kappa shape index (κ1) is 17.5. The van der Waals surface area contributed by atoms with E-state index in [1.165, 1.54) is 6.26 Å². The number of para-hydroxylation sites is 2. The predicted octanol–water partition coefficient (Wildman–Crippen LogP) is 2.42. The Hall–Kier alpha value is -3.35. The van der Waals surface area contributed by atoms with Gasteiger partial charge in [-0.25, -0.2) is 4.98 Å². The van der Waals surface area contributed by atoms with Crippen LogP contribution in [0.5, 0.6) is 0 Å². The van der Waals surface area contributed by atoms with Crippen molar-refractivity contribution in [2.75, 3.05) is 6.54 Å². The minimum absolute atomic E-state index is 0.102. The molecule has 0 bridgehead atoms. The smallest absolute Gasteiger partial charge is 0.287 e. The highest BCUT2D eigenvalue weighted by atomic mass is 16.3. The van der Waals surface area contributed by atoms with E-state index in [4.69, 9.17) is 4.42 Å². The molecule has 0 radical (unpaired) electrons. The number of aromatic nitrogens is 2. The summed E-state index contributed by atoms with van der Waals surface area (Å²) in [6, 6.07) is 10.4. The van der Waals surface area contributed by atoms with Gasteiger partial charge in [-0.2, -0.15) is 0 Å². The maximum Gasteiger partial charge on any atom is 0.287 e. The molecule has 0 aliphatic carbocycles.